The van der Waals surface area contributed by atoms with Gasteiger partial charge in [-0.25, -0.2) is 8.42 Å². The second-order valence-corrected chi connectivity index (χ2v) is 6.47. The van der Waals surface area contributed by atoms with Gasteiger partial charge in [0.1, 0.15) is 5.75 Å². The van der Waals surface area contributed by atoms with Gasteiger partial charge in [-0.1, -0.05) is 11.6 Å². The van der Waals surface area contributed by atoms with Gasteiger partial charge in [-0.15, -0.1) is 0 Å². The van der Waals surface area contributed by atoms with Crippen LogP contribution in [0.2, 0.25) is 5.02 Å². The zero-order valence-electron chi connectivity index (χ0n) is 8.21. The van der Waals surface area contributed by atoms with E-state index in [0.29, 0.717) is 16.1 Å². The summed E-state index contributed by atoms with van der Waals surface area (Å²) in [5.74, 6) is -0.523. The lowest BCUT2D eigenvalue weighted by Gasteiger charge is -2.10. The van der Waals surface area contributed by atoms with E-state index in [2.05, 4.69) is 0 Å². The van der Waals surface area contributed by atoms with Gasteiger partial charge in [-0.05, 0) is 31.0 Å². The molecule has 1 aromatic carbocycles. The largest absolute Gasteiger partial charge is 0.508 e. The molecular formula is C9H10Cl2O3S. The van der Waals surface area contributed by atoms with E-state index in [1.54, 1.807) is 13.8 Å². The number of hydrogen-bond donors (Lipinski definition) is 1. The van der Waals surface area contributed by atoms with Crippen LogP contribution in [0.3, 0.4) is 0 Å². The van der Waals surface area contributed by atoms with Crippen molar-refractivity contribution in [2.45, 2.75) is 19.6 Å². The maximum atomic E-state index is 10.9. The Morgan fingerprint density at radius 1 is 1.40 bits per heavy atom. The minimum atomic E-state index is -3.70. The summed E-state index contributed by atoms with van der Waals surface area (Å²) in [7, 11) is 1.42. The third-order valence-electron chi connectivity index (χ3n) is 2.11. The average molecular weight is 269 g/mol. The van der Waals surface area contributed by atoms with Crippen LogP contribution < -0.4 is 0 Å². The average Bonchev–Trinajstić information content (AvgIpc) is 2.07. The van der Waals surface area contributed by atoms with Crippen LogP contribution in [-0.2, 0) is 14.8 Å². The van der Waals surface area contributed by atoms with Crippen LogP contribution in [0.5, 0.6) is 5.75 Å². The molecule has 1 N–H and O–H groups in total. The summed E-state index contributed by atoms with van der Waals surface area (Å²) >= 11 is 5.93. The molecule has 0 aliphatic heterocycles. The summed E-state index contributed by atoms with van der Waals surface area (Å²) in [5.41, 5.74) is 1.49. The zero-order chi connectivity index (χ0) is 11.8. The molecule has 0 aliphatic carbocycles. The Balaban J connectivity index is 3.37. The third kappa shape index (κ3) is 3.00. The van der Waals surface area contributed by atoms with Crippen LogP contribution in [0, 0.1) is 13.8 Å². The summed E-state index contributed by atoms with van der Waals surface area (Å²) in [6.45, 7) is 3.38. The van der Waals surface area contributed by atoms with E-state index in [9.17, 15) is 13.5 Å². The highest BCUT2D eigenvalue weighted by Crippen LogP contribution is 2.32. The quantitative estimate of drug-likeness (QED) is 0.840. The van der Waals surface area contributed by atoms with Gasteiger partial charge in [0.2, 0.25) is 9.05 Å². The smallest absolute Gasteiger partial charge is 0.236 e. The molecule has 0 atom stereocenters. The lowest BCUT2D eigenvalue weighted by molar-refractivity contribution is 0.469. The van der Waals surface area contributed by atoms with Crippen molar-refractivity contribution >= 4 is 31.3 Å². The highest BCUT2D eigenvalue weighted by molar-refractivity contribution is 8.13. The number of rotatable bonds is 2. The molecule has 0 saturated heterocycles. The van der Waals surface area contributed by atoms with E-state index in [-0.39, 0.29) is 11.3 Å². The Morgan fingerprint density at radius 2 is 1.93 bits per heavy atom. The topological polar surface area (TPSA) is 54.4 Å². The van der Waals surface area contributed by atoms with Gasteiger partial charge in [0, 0.05) is 21.3 Å². The second kappa shape index (κ2) is 4.20. The Bertz CT molecular complexity index is 495. The lowest BCUT2D eigenvalue weighted by Crippen LogP contribution is -1.99. The summed E-state index contributed by atoms with van der Waals surface area (Å²) in [6, 6.07) is 1.42. The van der Waals surface area contributed by atoms with Crippen molar-refractivity contribution < 1.29 is 13.5 Å². The number of benzene rings is 1. The maximum absolute atomic E-state index is 10.9. The molecule has 0 radical (unpaired) electrons. The highest BCUT2D eigenvalue weighted by atomic mass is 35.7. The Hall–Kier alpha value is -0.450. The van der Waals surface area contributed by atoms with Crippen molar-refractivity contribution in [1.29, 1.82) is 0 Å². The molecule has 0 unspecified atom stereocenters. The molecule has 15 heavy (non-hydrogen) atoms. The van der Waals surface area contributed by atoms with Crippen LogP contribution in [-0.4, -0.2) is 13.5 Å². The monoisotopic (exact) mass is 268 g/mol. The second-order valence-electron chi connectivity index (χ2n) is 3.31. The minimum absolute atomic E-state index is 0.0985. The summed E-state index contributed by atoms with van der Waals surface area (Å²) < 4.78 is 21.8. The normalized spacial score (nSPS) is 11.7. The van der Waals surface area contributed by atoms with Gasteiger partial charge in [-0.2, -0.15) is 0 Å². The number of aryl methyl sites for hydroxylation is 1. The molecule has 84 valence electrons. The van der Waals surface area contributed by atoms with E-state index in [4.69, 9.17) is 22.3 Å². The number of hydrogen-bond acceptors (Lipinski definition) is 3. The standard InChI is InChI=1S/C9H10Cl2O3S/c1-5-3-8(12)7(4-15(11,13)14)6(2)9(5)10/h3,12H,4H2,1-2H3. The van der Waals surface area contributed by atoms with Crippen molar-refractivity contribution in [3.05, 3.63) is 27.8 Å². The van der Waals surface area contributed by atoms with Crippen LogP contribution in [0.4, 0.5) is 0 Å². The molecule has 0 saturated carbocycles. The SMILES string of the molecule is Cc1cc(O)c(CS(=O)(=O)Cl)c(C)c1Cl. The fourth-order valence-electron chi connectivity index (χ4n) is 1.33. The maximum Gasteiger partial charge on any atom is 0.236 e. The number of halogens is 2. The van der Waals surface area contributed by atoms with Gasteiger partial charge in [0.25, 0.3) is 0 Å². The van der Waals surface area contributed by atoms with Gasteiger partial charge < -0.3 is 5.11 Å². The van der Waals surface area contributed by atoms with Crippen molar-refractivity contribution in [3.63, 3.8) is 0 Å². The molecule has 1 aromatic rings. The Morgan fingerprint density at radius 3 is 2.40 bits per heavy atom. The van der Waals surface area contributed by atoms with Crippen molar-refractivity contribution in [2.24, 2.45) is 0 Å². The number of phenols is 1. The first-order valence-corrected chi connectivity index (χ1v) is 6.98. The molecule has 0 heterocycles. The number of phenolic OH excluding ortho intramolecular Hbond substituents is 1. The van der Waals surface area contributed by atoms with E-state index >= 15 is 0 Å². The van der Waals surface area contributed by atoms with E-state index < -0.39 is 14.8 Å². The highest BCUT2D eigenvalue weighted by Gasteiger charge is 2.16. The molecule has 0 bridgehead atoms. The molecule has 3 nitrogen and oxygen atoms in total. The van der Waals surface area contributed by atoms with Crippen LogP contribution in [0.15, 0.2) is 6.07 Å². The molecular weight excluding hydrogens is 259 g/mol. The number of aromatic hydroxyl groups is 1. The van der Waals surface area contributed by atoms with Gasteiger partial charge in [0.15, 0.2) is 0 Å². The predicted octanol–water partition coefficient (Wildman–Crippen LogP) is 2.73. The summed E-state index contributed by atoms with van der Waals surface area (Å²) in [5, 5.41) is 10.0. The van der Waals surface area contributed by atoms with Gasteiger partial charge in [-0.3, -0.25) is 0 Å². The van der Waals surface area contributed by atoms with E-state index in [0.717, 1.165) is 0 Å². The summed E-state index contributed by atoms with van der Waals surface area (Å²) in [4.78, 5) is 0. The van der Waals surface area contributed by atoms with Crippen LogP contribution in [0.1, 0.15) is 16.7 Å². The molecule has 0 aliphatic rings. The van der Waals surface area contributed by atoms with Crippen molar-refractivity contribution in [3.8, 4) is 5.75 Å². The molecule has 0 aromatic heterocycles. The van der Waals surface area contributed by atoms with Crippen molar-refractivity contribution in [2.75, 3.05) is 0 Å². The fourth-order valence-corrected chi connectivity index (χ4v) is 2.54. The van der Waals surface area contributed by atoms with Gasteiger partial charge in [0.05, 0.1) is 5.75 Å². The molecule has 0 spiro atoms. The van der Waals surface area contributed by atoms with Crippen molar-refractivity contribution in [1.82, 2.24) is 0 Å². The fraction of sp³-hybridized carbons (Fsp3) is 0.333. The molecule has 6 heteroatoms. The van der Waals surface area contributed by atoms with Crippen LogP contribution >= 0.6 is 22.3 Å². The van der Waals surface area contributed by atoms with E-state index in [1.165, 1.54) is 6.07 Å². The van der Waals surface area contributed by atoms with Crippen LogP contribution in [0.25, 0.3) is 0 Å². The first kappa shape index (κ1) is 12.6. The van der Waals surface area contributed by atoms with Gasteiger partial charge >= 0.3 is 0 Å². The van der Waals surface area contributed by atoms with E-state index in [1.807, 2.05) is 0 Å². The minimum Gasteiger partial charge on any atom is -0.508 e. The third-order valence-corrected chi connectivity index (χ3v) is 3.65. The molecule has 0 amide bonds. The summed E-state index contributed by atoms with van der Waals surface area (Å²) in [6.07, 6.45) is 0. The molecule has 1 rings (SSSR count). The predicted molar refractivity (Wildman–Crippen MR) is 61.1 cm³/mol. The Labute approximate surface area is 98.1 Å². The lowest BCUT2D eigenvalue weighted by atomic mass is 10.1. The first-order chi connectivity index (χ1) is 6.72. The first-order valence-electron chi connectivity index (χ1n) is 4.12. The Kier molecular flexibility index (Phi) is 3.53. The zero-order valence-corrected chi connectivity index (χ0v) is 10.5. The molecule has 0 fully saturated rings.